The Balaban J connectivity index is 1.81. The SMILES string of the molecule is NC(=O)Cn1cc(/C=N\NC(=O)c2ccc(Cl)c(Cl)c2)c2ccccc21. The van der Waals surface area contributed by atoms with Crippen LogP contribution in [0.5, 0.6) is 0 Å². The molecule has 132 valence electrons. The third kappa shape index (κ3) is 3.87. The van der Waals surface area contributed by atoms with Crippen LogP contribution in [-0.2, 0) is 11.3 Å². The van der Waals surface area contributed by atoms with Crippen molar-refractivity contribution in [2.75, 3.05) is 0 Å². The number of fused-ring (bicyclic) bond motifs is 1. The first-order valence-corrected chi connectivity index (χ1v) is 8.36. The summed E-state index contributed by atoms with van der Waals surface area (Å²) in [6.45, 7) is 0.0595. The van der Waals surface area contributed by atoms with Crippen LogP contribution in [0.4, 0.5) is 0 Å². The number of hydrazone groups is 1. The number of halogens is 2. The van der Waals surface area contributed by atoms with Crippen molar-refractivity contribution in [3.8, 4) is 0 Å². The number of carbonyl (C=O) groups excluding carboxylic acids is 2. The Morgan fingerprint density at radius 2 is 1.92 bits per heavy atom. The lowest BCUT2D eigenvalue weighted by Gasteiger charge is -2.01. The van der Waals surface area contributed by atoms with Gasteiger partial charge in [0.25, 0.3) is 5.91 Å². The second-order valence-electron chi connectivity index (χ2n) is 5.52. The normalized spacial score (nSPS) is 11.2. The standard InChI is InChI=1S/C18H14Cl2N4O2/c19-14-6-5-11(7-15(14)20)18(26)23-22-8-12-9-24(10-17(21)25)16-4-2-1-3-13(12)16/h1-9H,10H2,(H2,21,25)(H,23,26)/b22-8-. The molecule has 0 aliphatic heterocycles. The molecule has 0 aliphatic carbocycles. The summed E-state index contributed by atoms with van der Waals surface area (Å²) in [6, 6.07) is 12.1. The van der Waals surface area contributed by atoms with Crippen molar-refractivity contribution >= 4 is 52.1 Å². The minimum atomic E-state index is -0.442. The van der Waals surface area contributed by atoms with Gasteiger partial charge < -0.3 is 10.3 Å². The predicted octanol–water partition coefficient (Wildman–Crippen LogP) is 3.20. The highest BCUT2D eigenvalue weighted by molar-refractivity contribution is 6.42. The van der Waals surface area contributed by atoms with Gasteiger partial charge in [0.05, 0.1) is 16.3 Å². The van der Waals surface area contributed by atoms with Crippen LogP contribution < -0.4 is 11.2 Å². The van der Waals surface area contributed by atoms with Crippen LogP contribution in [0.3, 0.4) is 0 Å². The quantitative estimate of drug-likeness (QED) is 0.518. The van der Waals surface area contributed by atoms with E-state index in [1.165, 1.54) is 12.3 Å². The molecule has 3 aromatic rings. The summed E-state index contributed by atoms with van der Waals surface area (Å²) in [5.41, 5.74) is 9.66. The van der Waals surface area contributed by atoms with Crippen LogP contribution in [0.15, 0.2) is 53.8 Å². The maximum Gasteiger partial charge on any atom is 0.271 e. The van der Waals surface area contributed by atoms with Crippen molar-refractivity contribution in [1.82, 2.24) is 9.99 Å². The molecule has 6 nitrogen and oxygen atoms in total. The fraction of sp³-hybridized carbons (Fsp3) is 0.0556. The lowest BCUT2D eigenvalue weighted by Crippen LogP contribution is -2.18. The van der Waals surface area contributed by atoms with E-state index in [0.29, 0.717) is 10.6 Å². The third-order valence-electron chi connectivity index (χ3n) is 3.70. The molecule has 2 amide bonds. The molecule has 3 rings (SSSR count). The van der Waals surface area contributed by atoms with Crippen molar-refractivity contribution < 1.29 is 9.59 Å². The summed E-state index contributed by atoms with van der Waals surface area (Å²) in [7, 11) is 0. The molecule has 3 N–H and O–H groups in total. The van der Waals surface area contributed by atoms with Gasteiger partial charge in [-0.15, -0.1) is 0 Å². The number of aromatic nitrogens is 1. The fourth-order valence-corrected chi connectivity index (χ4v) is 2.84. The number of para-hydroxylation sites is 1. The first-order valence-electron chi connectivity index (χ1n) is 7.60. The van der Waals surface area contributed by atoms with E-state index >= 15 is 0 Å². The molecular weight excluding hydrogens is 375 g/mol. The smallest absolute Gasteiger partial charge is 0.271 e. The highest BCUT2D eigenvalue weighted by atomic mass is 35.5. The van der Waals surface area contributed by atoms with E-state index in [-0.39, 0.29) is 11.6 Å². The average molecular weight is 389 g/mol. The van der Waals surface area contributed by atoms with Crippen LogP contribution in [0, 0.1) is 0 Å². The molecule has 0 bridgehead atoms. The number of primary amides is 1. The van der Waals surface area contributed by atoms with Gasteiger partial charge in [-0.05, 0) is 24.3 Å². The Kier molecular flexibility index (Phi) is 5.25. The summed E-state index contributed by atoms with van der Waals surface area (Å²) in [6.07, 6.45) is 3.26. The van der Waals surface area contributed by atoms with Gasteiger partial charge in [-0.25, -0.2) is 5.43 Å². The zero-order valence-electron chi connectivity index (χ0n) is 13.4. The van der Waals surface area contributed by atoms with Crippen LogP contribution in [0.25, 0.3) is 10.9 Å². The summed E-state index contributed by atoms with van der Waals surface area (Å²) in [5.74, 6) is -0.858. The molecule has 0 radical (unpaired) electrons. The Labute approximate surface area is 159 Å². The molecule has 0 fully saturated rings. The van der Waals surface area contributed by atoms with Gasteiger partial charge in [0.2, 0.25) is 5.91 Å². The van der Waals surface area contributed by atoms with Gasteiger partial charge in [-0.3, -0.25) is 9.59 Å². The molecule has 1 heterocycles. The van der Waals surface area contributed by atoms with E-state index in [2.05, 4.69) is 10.5 Å². The molecule has 0 atom stereocenters. The van der Waals surface area contributed by atoms with Gasteiger partial charge in [0.15, 0.2) is 0 Å². The maximum absolute atomic E-state index is 12.1. The Hall–Kier alpha value is -2.83. The summed E-state index contributed by atoms with van der Waals surface area (Å²) < 4.78 is 1.74. The Morgan fingerprint density at radius 1 is 1.15 bits per heavy atom. The van der Waals surface area contributed by atoms with Crippen molar-refractivity contribution in [3.63, 3.8) is 0 Å². The van der Waals surface area contributed by atoms with E-state index < -0.39 is 11.8 Å². The zero-order valence-corrected chi connectivity index (χ0v) is 15.0. The summed E-state index contributed by atoms with van der Waals surface area (Å²) in [5, 5.41) is 5.53. The minimum Gasteiger partial charge on any atom is -0.368 e. The Bertz CT molecular complexity index is 1030. The molecule has 1 aromatic heterocycles. The second kappa shape index (κ2) is 7.59. The van der Waals surface area contributed by atoms with Crippen LogP contribution in [0.2, 0.25) is 10.0 Å². The number of hydrogen-bond donors (Lipinski definition) is 2. The van der Waals surface area contributed by atoms with Crippen molar-refractivity contribution in [2.24, 2.45) is 10.8 Å². The van der Waals surface area contributed by atoms with Gasteiger partial charge in [-0.2, -0.15) is 5.10 Å². The van der Waals surface area contributed by atoms with Crippen LogP contribution in [-0.4, -0.2) is 22.6 Å². The van der Waals surface area contributed by atoms with Crippen LogP contribution in [0.1, 0.15) is 15.9 Å². The lowest BCUT2D eigenvalue weighted by molar-refractivity contribution is -0.118. The molecule has 0 saturated carbocycles. The molecule has 0 unspecified atom stereocenters. The molecule has 26 heavy (non-hydrogen) atoms. The van der Waals surface area contributed by atoms with Crippen molar-refractivity contribution in [2.45, 2.75) is 6.54 Å². The van der Waals surface area contributed by atoms with E-state index in [9.17, 15) is 9.59 Å². The number of benzene rings is 2. The van der Waals surface area contributed by atoms with Gasteiger partial charge in [-0.1, -0.05) is 41.4 Å². The number of carbonyl (C=O) groups is 2. The highest BCUT2D eigenvalue weighted by Gasteiger charge is 2.09. The summed E-state index contributed by atoms with van der Waals surface area (Å²) >= 11 is 11.7. The number of nitrogens with two attached hydrogens (primary N) is 1. The van der Waals surface area contributed by atoms with E-state index in [1.54, 1.807) is 22.9 Å². The first-order chi connectivity index (χ1) is 12.5. The minimum absolute atomic E-state index is 0.0595. The fourth-order valence-electron chi connectivity index (χ4n) is 2.54. The van der Waals surface area contributed by atoms with E-state index in [0.717, 1.165) is 16.5 Å². The molecule has 0 saturated heterocycles. The monoisotopic (exact) mass is 388 g/mol. The molecule has 0 aliphatic rings. The van der Waals surface area contributed by atoms with Crippen molar-refractivity contribution in [1.29, 1.82) is 0 Å². The van der Waals surface area contributed by atoms with Gasteiger partial charge in [0.1, 0.15) is 6.54 Å². The van der Waals surface area contributed by atoms with E-state index in [1.807, 2.05) is 24.3 Å². The second-order valence-corrected chi connectivity index (χ2v) is 6.34. The number of rotatable bonds is 5. The topological polar surface area (TPSA) is 89.5 Å². The molecule has 0 spiro atoms. The summed E-state index contributed by atoms with van der Waals surface area (Å²) in [4.78, 5) is 23.3. The first kappa shape index (κ1) is 18.0. The number of amides is 2. The molecule has 2 aromatic carbocycles. The maximum atomic E-state index is 12.1. The number of nitrogens with one attached hydrogen (secondary N) is 1. The Morgan fingerprint density at radius 3 is 2.65 bits per heavy atom. The highest BCUT2D eigenvalue weighted by Crippen LogP contribution is 2.22. The third-order valence-corrected chi connectivity index (χ3v) is 4.44. The van der Waals surface area contributed by atoms with Gasteiger partial charge >= 0.3 is 0 Å². The van der Waals surface area contributed by atoms with Gasteiger partial charge in [0, 0.05) is 28.2 Å². The predicted molar refractivity (Wildman–Crippen MR) is 103 cm³/mol. The molecular formula is C18H14Cl2N4O2. The van der Waals surface area contributed by atoms with Crippen LogP contribution >= 0.6 is 23.2 Å². The lowest BCUT2D eigenvalue weighted by atomic mass is 10.2. The number of hydrogen-bond acceptors (Lipinski definition) is 3. The zero-order chi connectivity index (χ0) is 18.7. The molecule has 8 heteroatoms. The largest absolute Gasteiger partial charge is 0.368 e. The average Bonchev–Trinajstić information content (AvgIpc) is 2.94. The van der Waals surface area contributed by atoms with E-state index in [4.69, 9.17) is 28.9 Å². The number of nitrogens with zero attached hydrogens (tertiary/aromatic N) is 2. The van der Waals surface area contributed by atoms with Crippen molar-refractivity contribution in [3.05, 3.63) is 69.8 Å².